The summed E-state index contributed by atoms with van der Waals surface area (Å²) in [5.41, 5.74) is 4.63. The molecule has 1 fully saturated rings. The van der Waals surface area contributed by atoms with E-state index in [9.17, 15) is 5.26 Å². The Kier molecular flexibility index (Phi) is 3.88. The molecular weight excluding hydrogens is 308 g/mol. The van der Waals surface area contributed by atoms with E-state index in [4.69, 9.17) is 4.98 Å². The molecular formula is C21H24N4. The van der Waals surface area contributed by atoms with Crippen molar-refractivity contribution >= 4 is 22.5 Å². The van der Waals surface area contributed by atoms with Crippen molar-refractivity contribution in [1.82, 2.24) is 9.38 Å². The summed E-state index contributed by atoms with van der Waals surface area (Å²) in [6.45, 7) is 8.76. The summed E-state index contributed by atoms with van der Waals surface area (Å²) in [6.07, 6.45) is 2.43. The van der Waals surface area contributed by atoms with Gasteiger partial charge in [-0.2, -0.15) is 5.26 Å². The van der Waals surface area contributed by atoms with Crippen molar-refractivity contribution in [3.63, 3.8) is 0 Å². The van der Waals surface area contributed by atoms with Gasteiger partial charge in [-0.15, -0.1) is 0 Å². The van der Waals surface area contributed by atoms with E-state index in [1.54, 1.807) is 0 Å². The van der Waals surface area contributed by atoms with Gasteiger partial charge in [0, 0.05) is 13.1 Å². The normalized spacial score (nSPS) is 16.0. The molecule has 4 rings (SSSR count). The zero-order valence-corrected chi connectivity index (χ0v) is 15.2. The molecule has 0 aliphatic carbocycles. The average Bonchev–Trinajstić information content (AvgIpc) is 3.00. The number of nitriles is 1. The minimum atomic E-state index is 0.293. The summed E-state index contributed by atoms with van der Waals surface area (Å²) in [4.78, 5) is 7.28. The fourth-order valence-electron chi connectivity index (χ4n) is 3.87. The van der Waals surface area contributed by atoms with E-state index in [-0.39, 0.29) is 0 Å². The van der Waals surface area contributed by atoms with E-state index in [1.807, 2.05) is 18.2 Å². The Balaban J connectivity index is 2.04. The average molecular weight is 332 g/mol. The fraction of sp³-hybridized carbons (Fsp3) is 0.429. The number of rotatable bonds is 2. The molecule has 0 atom stereocenters. The Bertz CT molecular complexity index is 969. The highest BCUT2D eigenvalue weighted by Crippen LogP contribution is 2.33. The molecule has 1 aliphatic rings. The second-order valence-electron chi connectivity index (χ2n) is 7.53. The second kappa shape index (κ2) is 6.07. The number of benzene rings is 1. The van der Waals surface area contributed by atoms with Crippen LogP contribution in [0.15, 0.2) is 30.3 Å². The zero-order valence-electron chi connectivity index (χ0n) is 15.2. The molecule has 0 bridgehead atoms. The zero-order chi connectivity index (χ0) is 17.6. The summed E-state index contributed by atoms with van der Waals surface area (Å²) in [7, 11) is 0. The molecule has 1 saturated heterocycles. The van der Waals surface area contributed by atoms with Crippen molar-refractivity contribution in [2.45, 2.75) is 39.5 Å². The van der Waals surface area contributed by atoms with Crippen molar-refractivity contribution in [3.8, 4) is 6.07 Å². The maximum atomic E-state index is 9.81. The number of para-hydroxylation sites is 2. The van der Waals surface area contributed by atoms with Crippen LogP contribution in [0.3, 0.4) is 0 Å². The van der Waals surface area contributed by atoms with E-state index in [2.05, 4.69) is 48.3 Å². The second-order valence-corrected chi connectivity index (χ2v) is 7.53. The molecule has 4 heteroatoms. The van der Waals surface area contributed by atoms with Gasteiger partial charge in [0.05, 0.1) is 16.6 Å². The predicted molar refractivity (Wildman–Crippen MR) is 102 cm³/mol. The minimum absolute atomic E-state index is 0.293. The quantitative estimate of drug-likeness (QED) is 0.682. The lowest BCUT2D eigenvalue weighted by Crippen LogP contribution is -2.34. The SMILES string of the molecule is CC1CCN(c2cc(C(C)C)c(C#N)c3nc4ccccc4n23)CC1. The number of hydrogen-bond donors (Lipinski definition) is 0. The van der Waals surface area contributed by atoms with Crippen molar-refractivity contribution in [2.24, 2.45) is 5.92 Å². The Labute approximate surface area is 148 Å². The smallest absolute Gasteiger partial charge is 0.157 e. The van der Waals surface area contributed by atoms with Crippen molar-refractivity contribution in [2.75, 3.05) is 18.0 Å². The van der Waals surface area contributed by atoms with Crippen molar-refractivity contribution in [3.05, 3.63) is 41.5 Å². The van der Waals surface area contributed by atoms with Gasteiger partial charge in [0.15, 0.2) is 5.65 Å². The molecule has 2 aromatic heterocycles. The fourth-order valence-corrected chi connectivity index (χ4v) is 3.87. The van der Waals surface area contributed by atoms with Gasteiger partial charge in [-0.1, -0.05) is 32.9 Å². The molecule has 4 nitrogen and oxygen atoms in total. The Hall–Kier alpha value is -2.54. The Morgan fingerprint density at radius 1 is 1.20 bits per heavy atom. The highest BCUT2D eigenvalue weighted by atomic mass is 15.2. The van der Waals surface area contributed by atoms with Crippen molar-refractivity contribution < 1.29 is 0 Å². The first-order chi connectivity index (χ1) is 12.1. The number of fused-ring (bicyclic) bond motifs is 3. The van der Waals surface area contributed by atoms with E-state index in [0.29, 0.717) is 11.5 Å². The van der Waals surface area contributed by atoms with Gasteiger partial charge in [0.25, 0.3) is 0 Å². The van der Waals surface area contributed by atoms with Crippen LogP contribution in [-0.2, 0) is 0 Å². The molecule has 0 amide bonds. The molecule has 1 aromatic carbocycles. The molecule has 128 valence electrons. The molecule has 0 N–H and O–H groups in total. The van der Waals surface area contributed by atoms with E-state index in [0.717, 1.165) is 41.3 Å². The molecule has 1 aliphatic heterocycles. The summed E-state index contributed by atoms with van der Waals surface area (Å²) in [5, 5.41) is 9.81. The lowest BCUT2D eigenvalue weighted by molar-refractivity contribution is 0.436. The van der Waals surface area contributed by atoms with Crippen LogP contribution in [0.1, 0.15) is 50.7 Å². The third-order valence-electron chi connectivity index (χ3n) is 5.43. The number of hydrogen-bond acceptors (Lipinski definition) is 3. The number of piperidine rings is 1. The van der Waals surface area contributed by atoms with Crippen LogP contribution in [0, 0.1) is 17.2 Å². The molecule has 0 saturated carbocycles. The maximum Gasteiger partial charge on any atom is 0.157 e. The lowest BCUT2D eigenvalue weighted by Gasteiger charge is -2.33. The highest BCUT2D eigenvalue weighted by Gasteiger charge is 2.23. The summed E-state index contributed by atoms with van der Waals surface area (Å²) < 4.78 is 2.19. The van der Waals surface area contributed by atoms with Crippen LogP contribution in [-0.4, -0.2) is 22.5 Å². The monoisotopic (exact) mass is 332 g/mol. The summed E-state index contributed by atoms with van der Waals surface area (Å²) >= 11 is 0. The van der Waals surface area contributed by atoms with Gasteiger partial charge in [-0.3, -0.25) is 4.40 Å². The third-order valence-corrected chi connectivity index (χ3v) is 5.43. The molecule has 0 spiro atoms. The molecule has 25 heavy (non-hydrogen) atoms. The van der Waals surface area contributed by atoms with Gasteiger partial charge in [-0.05, 0) is 48.4 Å². The topological polar surface area (TPSA) is 44.3 Å². The summed E-state index contributed by atoms with van der Waals surface area (Å²) in [5.74, 6) is 2.26. The molecule has 3 aromatic rings. The van der Waals surface area contributed by atoms with Gasteiger partial charge < -0.3 is 4.90 Å². The molecule has 0 unspecified atom stereocenters. The van der Waals surface area contributed by atoms with Crippen molar-refractivity contribution in [1.29, 1.82) is 5.26 Å². The first kappa shape index (κ1) is 16.0. The minimum Gasteiger partial charge on any atom is -0.358 e. The standard InChI is InChI=1S/C21H24N4/c1-14(2)16-12-20(24-10-8-15(3)9-11-24)25-19-7-5-4-6-18(19)23-21(25)17(16)13-22/h4-7,12,14-15H,8-11H2,1-3H3. The highest BCUT2D eigenvalue weighted by molar-refractivity contribution is 5.85. The van der Waals surface area contributed by atoms with Crippen LogP contribution in [0.5, 0.6) is 0 Å². The molecule has 0 radical (unpaired) electrons. The molecule has 3 heterocycles. The van der Waals surface area contributed by atoms with E-state index >= 15 is 0 Å². The van der Waals surface area contributed by atoms with Crippen LogP contribution < -0.4 is 4.90 Å². The van der Waals surface area contributed by atoms with E-state index in [1.165, 1.54) is 18.7 Å². The number of pyridine rings is 1. The third kappa shape index (κ3) is 2.55. The number of aromatic nitrogens is 2. The number of nitrogens with zero attached hydrogens (tertiary/aromatic N) is 4. The lowest BCUT2D eigenvalue weighted by atomic mass is 9.97. The van der Waals surface area contributed by atoms with Gasteiger partial charge in [-0.25, -0.2) is 4.98 Å². The van der Waals surface area contributed by atoms with Crippen LogP contribution in [0.4, 0.5) is 5.82 Å². The van der Waals surface area contributed by atoms with Crippen LogP contribution in [0.2, 0.25) is 0 Å². The van der Waals surface area contributed by atoms with Gasteiger partial charge >= 0.3 is 0 Å². The predicted octanol–water partition coefficient (Wildman–Crippen LogP) is 4.72. The first-order valence-electron chi connectivity index (χ1n) is 9.19. The Morgan fingerprint density at radius 3 is 2.60 bits per heavy atom. The maximum absolute atomic E-state index is 9.81. The van der Waals surface area contributed by atoms with E-state index < -0.39 is 0 Å². The summed E-state index contributed by atoms with van der Waals surface area (Å²) in [6, 6.07) is 12.8. The first-order valence-corrected chi connectivity index (χ1v) is 9.19. The van der Waals surface area contributed by atoms with Gasteiger partial charge in [0.2, 0.25) is 0 Å². The van der Waals surface area contributed by atoms with Crippen LogP contribution in [0.25, 0.3) is 16.7 Å². The number of imidazole rings is 1. The Morgan fingerprint density at radius 2 is 1.92 bits per heavy atom. The van der Waals surface area contributed by atoms with Gasteiger partial charge in [0.1, 0.15) is 11.9 Å². The van der Waals surface area contributed by atoms with Crippen LogP contribution >= 0.6 is 0 Å². The largest absolute Gasteiger partial charge is 0.358 e. The number of anilines is 1.